The van der Waals surface area contributed by atoms with E-state index < -0.39 is 0 Å². The smallest absolute Gasteiger partial charge is 0.0723 e. The molecule has 138 valence electrons. The van der Waals surface area contributed by atoms with Crippen molar-refractivity contribution in [3.05, 3.63) is 30.1 Å². The Hall–Kier alpha value is -1.01. The van der Waals surface area contributed by atoms with Crippen LogP contribution in [0.25, 0.3) is 0 Å². The third-order valence-corrected chi connectivity index (χ3v) is 6.38. The Kier molecular flexibility index (Phi) is 5.36. The van der Waals surface area contributed by atoms with Crippen molar-refractivity contribution in [1.29, 1.82) is 0 Å². The van der Waals surface area contributed by atoms with Gasteiger partial charge in [0.1, 0.15) is 0 Å². The molecule has 3 fully saturated rings. The van der Waals surface area contributed by atoms with Crippen LogP contribution in [-0.2, 0) is 16.0 Å². The number of nitrogens with zero attached hydrogens (tertiary/aromatic N) is 3. The molecule has 0 radical (unpaired) electrons. The molecular weight excluding hydrogens is 314 g/mol. The van der Waals surface area contributed by atoms with Crippen LogP contribution in [0.1, 0.15) is 37.7 Å². The van der Waals surface area contributed by atoms with Crippen molar-refractivity contribution in [3.8, 4) is 0 Å². The van der Waals surface area contributed by atoms with Crippen molar-refractivity contribution in [2.24, 2.45) is 0 Å². The quantitative estimate of drug-likeness (QED) is 0.837. The second-order valence-corrected chi connectivity index (χ2v) is 8.01. The molecule has 25 heavy (non-hydrogen) atoms. The molecule has 3 aliphatic rings. The summed E-state index contributed by atoms with van der Waals surface area (Å²) in [6.07, 6.45) is 9.74. The summed E-state index contributed by atoms with van der Waals surface area (Å²) in [5.74, 6) is 0. The van der Waals surface area contributed by atoms with Crippen molar-refractivity contribution < 1.29 is 9.47 Å². The van der Waals surface area contributed by atoms with E-state index in [-0.39, 0.29) is 5.60 Å². The van der Waals surface area contributed by atoms with Gasteiger partial charge in [0.15, 0.2) is 0 Å². The molecule has 4 rings (SSSR count). The molecule has 0 N–H and O–H groups in total. The summed E-state index contributed by atoms with van der Waals surface area (Å²) in [6, 6.07) is 5.43. The molecule has 1 spiro atoms. The predicted octanol–water partition coefficient (Wildman–Crippen LogP) is 2.32. The average molecular weight is 345 g/mol. The second-order valence-electron chi connectivity index (χ2n) is 8.01. The van der Waals surface area contributed by atoms with Gasteiger partial charge in [-0.05, 0) is 50.8 Å². The average Bonchev–Trinajstić information content (AvgIpc) is 3.08. The lowest BCUT2D eigenvalue weighted by molar-refractivity contribution is -0.0615. The fraction of sp³-hybridized carbons (Fsp3) is 0.750. The molecule has 0 bridgehead atoms. The van der Waals surface area contributed by atoms with Crippen LogP contribution < -0.4 is 0 Å². The number of ether oxygens (including phenoxy) is 2. The highest BCUT2D eigenvalue weighted by molar-refractivity contribution is 5.09. The van der Waals surface area contributed by atoms with Crippen molar-refractivity contribution >= 4 is 0 Å². The van der Waals surface area contributed by atoms with Crippen molar-refractivity contribution in [2.75, 3.05) is 40.0 Å². The van der Waals surface area contributed by atoms with Crippen LogP contribution in [0.2, 0.25) is 0 Å². The molecule has 4 heterocycles. The highest BCUT2D eigenvalue weighted by Crippen LogP contribution is 2.38. The number of likely N-dealkylation sites (tertiary alicyclic amines) is 1. The molecule has 0 saturated carbocycles. The number of hydrogen-bond acceptors (Lipinski definition) is 5. The first-order valence-corrected chi connectivity index (χ1v) is 9.79. The Morgan fingerprint density at radius 3 is 2.80 bits per heavy atom. The number of aromatic nitrogens is 1. The van der Waals surface area contributed by atoms with Crippen molar-refractivity contribution in [2.45, 2.75) is 56.3 Å². The van der Waals surface area contributed by atoms with E-state index in [1.54, 1.807) is 0 Å². The van der Waals surface area contributed by atoms with Crippen LogP contribution in [0.15, 0.2) is 24.5 Å². The molecule has 5 heteroatoms. The fourth-order valence-electron chi connectivity index (χ4n) is 4.71. The molecule has 3 saturated heterocycles. The molecule has 1 aromatic rings. The predicted molar refractivity (Wildman–Crippen MR) is 97.4 cm³/mol. The molecule has 1 aromatic heterocycles. The Labute approximate surface area is 151 Å². The molecule has 3 aliphatic heterocycles. The van der Waals surface area contributed by atoms with Gasteiger partial charge in [0.25, 0.3) is 0 Å². The van der Waals surface area contributed by atoms with E-state index in [4.69, 9.17) is 9.47 Å². The van der Waals surface area contributed by atoms with Crippen LogP contribution >= 0.6 is 0 Å². The van der Waals surface area contributed by atoms with Gasteiger partial charge >= 0.3 is 0 Å². The van der Waals surface area contributed by atoms with E-state index in [9.17, 15) is 0 Å². The van der Waals surface area contributed by atoms with E-state index in [1.807, 2.05) is 18.5 Å². The van der Waals surface area contributed by atoms with Gasteiger partial charge < -0.3 is 9.47 Å². The van der Waals surface area contributed by atoms with E-state index in [2.05, 4.69) is 27.9 Å². The van der Waals surface area contributed by atoms with Gasteiger partial charge in [0.2, 0.25) is 0 Å². The van der Waals surface area contributed by atoms with Crippen LogP contribution in [0, 0.1) is 0 Å². The summed E-state index contributed by atoms with van der Waals surface area (Å²) in [7, 11) is 2.22. The zero-order valence-electron chi connectivity index (χ0n) is 15.4. The highest BCUT2D eigenvalue weighted by atomic mass is 16.5. The van der Waals surface area contributed by atoms with Crippen LogP contribution in [0.3, 0.4) is 0 Å². The molecule has 1 atom stereocenters. The van der Waals surface area contributed by atoms with Gasteiger partial charge in [-0.3, -0.25) is 14.8 Å². The Balaban J connectivity index is 1.28. The monoisotopic (exact) mass is 345 g/mol. The second kappa shape index (κ2) is 7.70. The lowest BCUT2D eigenvalue weighted by Crippen LogP contribution is -2.49. The minimum atomic E-state index is 0.121. The summed E-state index contributed by atoms with van der Waals surface area (Å²) in [6.45, 7) is 6.06. The first-order chi connectivity index (χ1) is 12.2. The number of hydrogen-bond donors (Lipinski definition) is 0. The van der Waals surface area contributed by atoms with Crippen LogP contribution in [0.5, 0.6) is 0 Å². The van der Waals surface area contributed by atoms with Crippen LogP contribution in [-0.4, -0.2) is 72.4 Å². The summed E-state index contributed by atoms with van der Waals surface area (Å²) < 4.78 is 11.9. The maximum absolute atomic E-state index is 6.38. The topological polar surface area (TPSA) is 37.8 Å². The lowest BCUT2D eigenvalue weighted by atomic mass is 9.86. The number of piperidine rings is 1. The lowest BCUT2D eigenvalue weighted by Gasteiger charge is -2.43. The standard InChI is InChI=1S/C20H31N3O2/c1-22(15-17-3-2-8-21-14-17)19-13-20(25-16-19)6-9-23(10-7-20)18-4-11-24-12-5-18/h2-3,8,14,18-19H,4-7,9-13,15-16H2,1H3/t19-/m0/s1. The molecule has 5 nitrogen and oxygen atoms in total. The Morgan fingerprint density at radius 2 is 2.08 bits per heavy atom. The number of likely N-dealkylation sites (N-methyl/N-ethyl adjacent to an activating group) is 1. The van der Waals surface area contributed by atoms with Crippen molar-refractivity contribution in [3.63, 3.8) is 0 Å². The highest BCUT2D eigenvalue weighted by Gasteiger charge is 2.44. The van der Waals surface area contributed by atoms with Gasteiger partial charge in [-0.2, -0.15) is 0 Å². The maximum atomic E-state index is 6.38. The normalized spacial score (nSPS) is 28.0. The summed E-state index contributed by atoms with van der Waals surface area (Å²) in [4.78, 5) is 9.35. The van der Waals surface area contributed by atoms with Crippen molar-refractivity contribution in [1.82, 2.24) is 14.8 Å². The van der Waals surface area contributed by atoms with Gasteiger partial charge in [-0.25, -0.2) is 0 Å². The summed E-state index contributed by atoms with van der Waals surface area (Å²) >= 11 is 0. The number of pyridine rings is 1. The van der Waals surface area contributed by atoms with Gasteiger partial charge in [-0.1, -0.05) is 6.07 Å². The Bertz CT molecular complexity index is 539. The third-order valence-electron chi connectivity index (χ3n) is 6.38. The van der Waals surface area contributed by atoms with Gasteiger partial charge in [0.05, 0.1) is 12.2 Å². The fourth-order valence-corrected chi connectivity index (χ4v) is 4.71. The minimum Gasteiger partial charge on any atom is -0.381 e. The molecular formula is C20H31N3O2. The van der Waals surface area contributed by atoms with E-state index in [1.165, 1.54) is 50.8 Å². The zero-order valence-corrected chi connectivity index (χ0v) is 15.4. The van der Waals surface area contributed by atoms with Crippen LogP contribution in [0.4, 0.5) is 0 Å². The molecule has 0 aliphatic carbocycles. The first kappa shape index (κ1) is 17.4. The minimum absolute atomic E-state index is 0.121. The third kappa shape index (κ3) is 4.05. The van der Waals surface area contributed by atoms with E-state index >= 15 is 0 Å². The first-order valence-electron chi connectivity index (χ1n) is 9.79. The largest absolute Gasteiger partial charge is 0.381 e. The molecule has 0 aromatic carbocycles. The number of rotatable bonds is 4. The molecule has 0 amide bonds. The summed E-state index contributed by atoms with van der Waals surface area (Å²) in [5.41, 5.74) is 1.40. The zero-order chi connectivity index (χ0) is 17.1. The van der Waals surface area contributed by atoms with Gasteiger partial charge in [0, 0.05) is 57.3 Å². The van der Waals surface area contributed by atoms with E-state index in [0.29, 0.717) is 6.04 Å². The SMILES string of the molecule is CN(Cc1cccnc1)[C@@H]1COC2(CCN(C3CCOCC3)CC2)C1. The molecule has 0 unspecified atom stereocenters. The summed E-state index contributed by atoms with van der Waals surface area (Å²) in [5, 5.41) is 0. The van der Waals surface area contributed by atoms with Gasteiger partial charge in [-0.15, -0.1) is 0 Å². The van der Waals surface area contributed by atoms with E-state index in [0.717, 1.165) is 32.4 Å². The Morgan fingerprint density at radius 1 is 1.28 bits per heavy atom. The maximum Gasteiger partial charge on any atom is 0.0723 e.